The Hall–Kier alpha value is -3.40. The molecule has 370 valence electrons. The van der Waals surface area contributed by atoms with Gasteiger partial charge in [0.15, 0.2) is 12.1 Å². The maximum absolute atomic E-state index is 12.6. The van der Waals surface area contributed by atoms with Crippen LogP contribution in [0.5, 0.6) is 0 Å². The number of hydrogen-bond acceptors (Lipinski definition) is 16. The number of aliphatic hydroxyl groups excluding tert-OH is 8. The zero-order chi connectivity index (χ0) is 47.6. The van der Waals surface area contributed by atoms with Crippen LogP contribution >= 0.6 is 0 Å². The third-order valence-corrected chi connectivity index (χ3v) is 11.8. The van der Waals surface area contributed by atoms with Crippen LogP contribution in [0.2, 0.25) is 0 Å². The minimum Gasteiger partial charge on any atom is -0.481 e. The molecule has 3 heterocycles. The first-order chi connectivity index (χ1) is 30.2. The van der Waals surface area contributed by atoms with Gasteiger partial charge in [-0.15, -0.1) is 0 Å². The lowest BCUT2D eigenvalue weighted by molar-refractivity contribution is -0.305. The Balaban J connectivity index is 0.0000145. The van der Waals surface area contributed by atoms with E-state index >= 15 is 0 Å². The van der Waals surface area contributed by atoms with Gasteiger partial charge in [0.2, 0.25) is 0 Å². The molecule has 3 rings (SSSR count). The minimum absolute atomic E-state index is 0. The van der Waals surface area contributed by atoms with Crippen molar-refractivity contribution in [3.05, 3.63) is 85.1 Å². The van der Waals surface area contributed by atoms with E-state index in [1.807, 2.05) is 43.4 Å². The fourth-order valence-corrected chi connectivity index (χ4v) is 7.99. The van der Waals surface area contributed by atoms with Crippen molar-refractivity contribution in [2.45, 2.75) is 184 Å². The lowest BCUT2D eigenvalue weighted by Crippen LogP contribution is -2.57. The summed E-state index contributed by atoms with van der Waals surface area (Å²) in [4.78, 5) is 25.1. The molecule has 0 aromatic carbocycles. The Morgan fingerprint density at radius 1 is 0.692 bits per heavy atom. The van der Waals surface area contributed by atoms with Gasteiger partial charge in [-0.2, -0.15) is 0 Å². The Bertz CT molecular complexity index is 1630. The van der Waals surface area contributed by atoms with Gasteiger partial charge >= 0.3 is 11.9 Å². The number of hydrogen-bond donors (Lipinski definition) is 11. The molecule has 3 aliphatic heterocycles. The second-order valence-electron chi connectivity index (χ2n) is 17.5. The number of carbonyl (C=O) groups excluding carboxylic acids is 1. The number of cyclic esters (lactones) is 1. The van der Waals surface area contributed by atoms with E-state index < -0.39 is 135 Å². The number of carboxylic acids is 1. The van der Waals surface area contributed by atoms with Crippen LogP contribution in [-0.2, 0) is 28.5 Å². The summed E-state index contributed by atoms with van der Waals surface area (Å²) in [5, 5.41) is 108. The van der Waals surface area contributed by atoms with Crippen LogP contribution in [-0.4, -0.2) is 154 Å². The van der Waals surface area contributed by atoms with E-state index in [9.17, 15) is 60.7 Å². The third-order valence-electron chi connectivity index (χ3n) is 11.8. The zero-order valence-electron chi connectivity index (χ0n) is 37.3. The largest absolute Gasteiger partial charge is 0.481 e. The Kier molecular flexibility index (Phi) is 25.5. The molecule has 2 bridgehead atoms. The van der Waals surface area contributed by atoms with Gasteiger partial charge < -0.3 is 75.7 Å². The number of allylic oxidation sites excluding steroid dienone is 12. The molecule has 0 saturated carbocycles. The smallest absolute Gasteiger partial charge is 0.311 e. The van der Waals surface area contributed by atoms with Gasteiger partial charge in [0, 0.05) is 43.6 Å². The molecule has 17 heteroatoms. The quantitative estimate of drug-likeness (QED) is 0.181. The molecule has 0 aromatic rings. The maximum Gasteiger partial charge on any atom is 0.311 e. The van der Waals surface area contributed by atoms with Crippen molar-refractivity contribution in [2.75, 3.05) is 0 Å². The van der Waals surface area contributed by atoms with Crippen molar-refractivity contribution in [1.82, 2.24) is 0 Å². The fourth-order valence-electron chi connectivity index (χ4n) is 7.99. The van der Waals surface area contributed by atoms with E-state index in [2.05, 4.69) is 0 Å². The lowest BCUT2D eigenvalue weighted by Gasteiger charge is -2.45. The molecule has 18 atom stereocenters. The summed E-state index contributed by atoms with van der Waals surface area (Å²) in [5.41, 5.74) is 6.12. The molecule has 0 aromatic heterocycles. The highest BCUT2D eigenvalue weighted by molar-refractivity contribution is 5.71. The molecule has 2 saturated heterocycles. The summed E-state index contributed by atoms with van der Waals surface area (Å²) in [5.74, 6) is -6.69. The standard InChI is InChI=1S/C47H73NO16.CH4/c1-28-17-15-13-11-9-7-5-6-8-10-12-14-16-18-35(63-46-44(57)36(48)21-29(2)61-46)25-40-42(45(58)59)39(54)27-47(60,64-40)26-34(51)23-38(53)37(52)20-19-32(49)22-33(50)24-41(55)62-31(4)30(3)43(28)56;/h5-18,28-40,42-44,46,49-54,56-57,60H,19-27,48H2,1-4H3,(H,58,59);1H4/b6-5+,9-7+,10-8+,13-11+,14-12+,17-15+,18-16+;/t28-,29?,30-,31-,32+,33+,34-,35-,36?,37+,38+,39-,40?,42+,43+,44?,46?,47+;/m0./s1. The lowest BCUT2D eigenvalue weighted by atomic mass is 9.82. The van der Waals surface area contributed by atoms with Gasteiger partial charge in [-0.1, -0.05) is 106 Å². The fraction of sp³-hybridized carbons (Fsp3) is 0.667. The molecule has 12 N–H and O–H groups in total. The Morgan fingerprint density at radius 3 is 1.85 bits per heavy atom. The van der Waals surface area contributed by atoms with Gasteiger partial charge in [-0.3, -0.25) is 9.59 Å². The summed E-state index contributed by atoms with van der Waals surface area (Å²) < 4.78 is 23.4. The average Bonchev–Trinajstić information content (AvgIpc) is 3.19. The predicted octanol–water partition coefficient (Wildman–Crippen LogP) is 2.38. The minimum atomic E-state index is -2.29. The number of rotatable bonds is 3. The predicted molar refractivity (Wildman–Crippen MR) is 242 cm³/mol. The van der Waals surface area contributed by atoms with Gasteiger partial charge in [0.25, 0.3) is 0 Å². The van der Waals surface area contributed by atoms with Gasteiger partial charge in [-0.25, -0.2) is 0 Å². The first kappa shape index (κ1) is 57.7. The van der Waals surface area contributed by atoms with E-state index in [1.165, 1.54) is 0 Å². The molecule has 17 nitrogen and oxygen atoms in total. The highest BCUT2D eigenvalue weighted by Crippen LogP contribution is 2.38. The normalized spacial score (nSPS) is 44.2. The SMILES string of the molecule is C.CC1CC(N)C(O)C(O[C@H]2/C=C/C=C/C=C/C=C/C=C/C=C/C=C/[C@H](C)[C@@H](O)[C@@H](C)[C@H](C)OC(=O)C[C@H](O)C[C@H](O)CC[C@@H](O)[C@H](O)C[C@H](O)C[C@]3(O)C[C@H](O)[C@@H](C(=O)O)C(C2)O3)O1. The van der Waals surface area contributed by atoms with E-state index in [1.54, 1.807) is 69.4 Å². The molecular formula is C48H77NO16. The molecule has 0 amide bonds. The first-order valence-corrected chi connectivity index (χ1v) is 22.2. The molecule has 0 aliphatic carbocycles. The molecular weight excluding hydrogens is 847 g/mol. The summed E-state index contributed by atoms with van der Waals surface area (Å²) in [6, 6.07) is -0.671. The van der Waals surface area contributed by atoms with E-state index in [-0.39, 0.29) is 45.1 Å². The van der Waals surface area contributed by atoms with Crippen LogP contribution in [0.25, 0.3) is 0 Å². The second-order valence-corrected chi connectivity index (χ2v) is 17.5. The Morgan fingerprint density at radius 2 is 1.26 bits per heavy atom. The second kappa shape index (κ2) is 28.7. The highest BCUT2D eigenvalue weighted by atomic mass is 16.7. The van der Waals surface area contributed by atoms with Crippen molar-refractivity contribution in [1.29, 1.82) is 0 Å². The highest BCUT2D eigenvalue weighted by Gasteiger charge is 2.50. The van der Waals surface area contributed by atoms with Crippen molar-refractivity contribution >= 4 is 11.9 Å². The number of nitrogens with two attached hydrogens (primary N) is 1. The van der Waals surface area contributed by atoms with Gasteiger partial charge in [0.1, 0.15) is 18.1 Å². The van der Waals surface area contributed by atoms with Gasteiger partial charge in [0.05, 0.1) is 67.5 Å². The van der Waals surface area contributed by atoms with Crippen molar-refractivity contribution < 1.29 is 79.6 Å². The monoisotopic (exact) mass is 924 g/mol. The van der Waals surface area contributed by atoms with E-state index in [0.29, 0.717) is 6.42 Å². The summed E-state index contributed by atoms with van der Waals surface area (Å²) in [6.45, 7) is 6.99. The summed E-state index contributed by atoms with van der Waals surface area (Å²) in [6.07, 6.45) is 6.77. The number of ether oxygens (including phenoxy) is 4. The molecule has 0 radical (unpaired) electrons. The molecule has 5 unspecified atom stereocenters. The van der Waals surface area contributed by atoms with Crippen molar-refractivity contribution in [3.8, 4) is 0 Å². The number of fused-ring (bicyclic) bond motifs is 2. The number of esters is 1. The average molecular weight is 924 g/mol. The van der Waals surface area contributed by atoms with Crippen LogP contribution in [0.1, 0.15) is 92.9 Å². The molecule has 65 heavy (non-hydrogen) atoms. The van der Waals surface area contributed by atoms with Crippen molar-refractivity contribution in [2.24, 2.45) is 23.5 Å². The van der Waals surface area contributed by atoms with Crippen LogP contribution in [0.4, 0.5) is 0 Å². The number of carboxylic acid groups (broad SMARTS) is 1. The molecule has 3 aliphatic rings. The topological polar surface area (TPSA) is 299 Å². The van der Waals surface area contributed by atoms with Crippen LogP contribution in [0.3, 0.4) is 0 Å². The summed E-state index contributed by atoms with van der Waals surface area (Å²) >= 11 is 0. The zero-order valence-corrected chi connectivity index (χ0v) is 37.3. The van der Waals surface area contributed by atoms with Crippen LogP contribution < -0.4 is 5.73 Å². The first-order valence-electron chi connectivity index (χ1n) is 22.2. The molecule has 0 spiro atoms. The van der Waals surface area contributed by atoms with E-state index in [4.69, 9.17) is 24.7 Å². The van der Waals surface area contributed by atoms with Crippen LogP contribution in [0.15, 0.2) is 85.1 Å². The molecule has 2 fully saturated rings. The Labute approximate surface area is 383 Å². The number of carbonyl (C=O) groups is 2. The van der Waals surface area contributed by atoms with E-state index in [0.717, 1.165) is 0 Å². The van der Waals surface area contributed by atoms with Crippen molar-refractivity contribution in [3.63, 3.8) is 0 Å². The summed E-state index contributed by atoms with van der Waals surface area (Å²) in [7, 11) is 0. The number of aliphatic hydroxyl groups is 9. The van der Waals surface area contributed by atoms with Crippen LogP contribution in [0, 0.1) is 17.8 Å². The maximum atomic E-state index is 12.6. The third kappa shape index (κ3) is 20.2. The van der Waals surface area contributed by atoms with Gasteiger partial charge in [-0.05, 0) is 39.5 Å². The number of aliphatic carboxylic acids is 1.